The minimum absolute atomic E-state index is 0.0218. The van der Waals surface area contributed by atoms with Crippen LogP contribution in [0, 0.1) is 56.7 Å². The monoisotopic (exact) mass is 614 g/mol. The summed E-state index contributed by atoms with van der Waals surface area (Å²) in [4.78, 5) is 50.0. The highest BCUT2D eigenvalue weighted by Crippen LogP contribution is 2.76. The molecular formula is C36H54O8. The van der Waals surface area contributed by atoms with Crippen LogP contribution in [0.5, 0.6) is 0 Å². The molecule has 8 nitrogen and oxygen atoms in total. The van der Waals surface area contributed by atoms with E-state index in [9.17, 15) is 24.3 Å². The van der Waals surface area contributed by atoms with Gasteiger partial charge in [0.1, 0.15) is 18.8 Å². The molecule has 0 spiro atoms. The van der Waals surface area contributed by atoms with Gasteiger partial charge in [-0.2, -0.15) is 0 Å². The van der Waals surface area contributed by atoms with Crippen LogP contribution >= 0.6 is 0 Å². The quantitative estimate of drug-likeness (QED) is 0.206. The number of rotatable bonds is 5. The molecule has 8 heteroatoms. The molecule has 4 fully saturated rings. The molecule has 0 aromatic heterocycles. The van der Waals surface area contributed by atoms with Crippen molar-refractivity contribution in [3.05, 3.63) is 11.6 Å². The van der Waals surface area contributed by atoms with Gasteiger partial charge in [0.15, 0.2) is 0 Å². The summed E-state index contributed by atoms with van der Waals surface area (Å²) in [6, 6.07) is 0. The molecule has 5 aliphatic carbocycles. The van der Waals surface area contributed by atoms with Crippen molar-refractivity contribution < 1.29 is 38.5 Å². The topological polar surface area (TPSA) is 116 Å². The molecule has 1 N–H and O–H groups in total. The molecule has 5 rings (SSSR count). The molecule has 0 heterocycles. The molecule has 0 aromatic rings. The zero-order chi connectivity index (χ0) is 32.6. The van der Waals surface area contributed by atoms with Crippen LogP contribution in [0.1, 0.15) is 114 Å². The normalized spacial score (nSPS) is 47.8. The first-order chi connectivity index (χ1) is 20.4. The Labute approximate surface area is 263 Å². The van der Waals surface area contributed by atoms with Gasteiger partial charge in [-0.3, -0.25) is 19.2 Å². The van der Waals surface area contributed by atoms with Crippen molar-refractivity contribution in [2.45, 2.75) is 126 Å². The molecule has 0 saturated heterocycles. The highest BCUT2D eigenvalue weighted by Gasteiger charge is 2.72. The third kappa shape index (κ3) is 4.58. The number of aliphatic carboxylic acids is 1. The molecule has 0 aliphatic heterocycles. The van der Waals surface area contributed by atoms with E-state index in [4.69, 9.17) is 14.2 Å². The van der Waals surface area contributed by atoms with E-state index in [-0.39, 0.29) is 46.5 Å². The Morgan fingerprint density at radius 2 is 1.52 bits per heavy atom. The Bertz CT molecular complexity index is 1260. The van der Waals surface area contributed by atoms with Gasteiger partial charge in [0, 0.05) is 26.2 Å². The lowest BCUT2D eigenvalue weighted by Crippen LogP contribution is -2.69. The van der Waals surface area contributed by atoms with E-state index < -0.39 is 46.9 Å². The number of carbonyl (C=O) groups is 4. The van der Waals surface area contributed by atoms with Crippen molar-refractivity contribution in [1.82, 2.24) is 0 Å². The smallest absolute Gasteiger partial charge is 0.310 e. The maximum Gasteiger partial charge on any atom is 0.310 e. The maximum absolute atomic E-state index is 13.0. The first-order valence-electron chi connectivity index (χ1n) is 16.8. The van der Waals surface area contributed by atoms with Crippen molar-refractivity contribution in [3.63, 3.8) is 0 Å². The van der Waals surface area contributed by atoms with E-state index in [0.717, 1.165) is 38.5 Å². The summed E-state index contributed by atoms with van der Waals surface area (Å²) in [6.07, 6.45) is 7.35. The molecule has 4 saturated carbocycles. The predicted molar refractivity (Wildman–Crippen MR) is 164 cm³/mol. The number of esters is 3. The van der Waals surface area contributed by atoms with Gasteiger partial charge in [0.2, 0.25) is 0 Å². The Hall–Kier alpha value is -2.38. The van der Waals surface area contributed by atoms with E-state index in [1.807, 2.05) is 6.92 Å². The molecule has 0 radical (unpaired) electrons. The van der Waals surface area contributed by atoms with E-state index in [1.165, 1.54) is 26.3 Å². The molecule has 0 aromatic carbocycles. The third-order valence-corrected chi connectivity index (χ3v) is 14.3. The predicted octanol–water partition coefficient (Wildman–Crippen LogP) is 6.75. The number of carboxylic acids is 1. The molecule has 0 amide bonds. The Kier molecular flexibility index (Phi) is 8.15. The van der Waals surface area contributed by atoms with Crippen LogP contribution in [-0.4, -0.2) is 47.8 Å². The average Bonchev–Trinajstić information content (AvgIpc) is 2.91. The average molecular weight is 615 g/mol. The number of allylic oxidation sites excluding steroid dienone is 2. The zero-order valence-corrected chi connectivity index (χ0v) is 28.3. The van der Waals surface area contributed by atoms with Gasteiger partial charge in [-0.1, -0.05) is 53.2 Å². The molecule has 12 atom stereocenters. The molecule has 5 aliphatic rings. The first-order valence-corrected chi connectivity index (χ1v) is 16.8. The Morgan fingerprint density at radius 1 is 0.864 bits per heavy atom. The zero-order valence-electron chi connectivity index (χ0n) is 28.3. The highest BCUT2D eigenvalue weighted by atomic mass is 16.6. The fourth-order valence-corrected chi connectivity index (χ4v) is 11.9. The lowest BCUT2D eigenvalue weighted by atomic mass is 9.33. The van der Waals surface area contributed by atoms with Gasteiger partial charge in [-0.15, -0.1) is 0 Å². The number of carbonyl (C=O) groups excluding carboxylic acids is 3. The molecule has 44 heavy (non-hydrogen) atoms. The minimum atomic E-state index is -0.769. The van der Waals surface area contributed by atoms with Crippen LogP contribution in [0.15, 0.2) is 11.6 Å². The van der Waals surface area contributed by atoms with Gasteiger partial charge in [-0.05, 0) is 97.2 Å². The number of hydrogen-bond acceptors (Lipinski definition) is 7. The second kappa shape index (κ2) is 10.9. The van der Waals surface area contributed by atoms with Crippen molar-refractivity contribution in [1.29, 1.82) is 0 Å². The summed E-state index contributed by atoms with van der Waals surface area (Å²) in [6.45, 7) is 17.9. The fraction of sp³-hybridized carbons (Fsp3) is 0.833. The Morgan fingerprint density at radius 3 is 2.11 bits per heavy atom. The summed E-state index contributed by atoms with van der Waals surface area (Å²) in [5.74, 6) is -0.893. The van der Waals surface area contributed by atoms with E-state index in [2.05, 4.69) is 40.7 Å². The number of ether oxygens (including phenoxy) is 3. The van der Waals surface area contributed by atoms with Crippen LogP contribution in [-0.2, 0) is 33.4 Å². The van der Waals surface area contributed by atoms with Gasteiger partial charge in [0.05, 0.1) is 5.41 Å². The molecule has 246 valence electrons. The summed E-state index contributed by atoms with van der Waals surface area (Å²) in [5, 5.41) is 10.7. The van der Waals surface area contributed by atoms with Crippen LogP contribution < -0.4 is 0 Å². The second-order valence-electron chi connectivity index (χ2n) is 16.3. The summed E-state index contributed by atoms with van der Waals surface area (Å²) in [5.41, 5.74) is -0.726. The lowest BCUT2D eigenvalue weighted by Gasteiger charge is -2.71. The van der Waals surface area contributed by atoms with Crippen molar-refractivity contribution >= 4 is 23.9 Å². The van der Waals surface area contributed by atoms with Crippen LogP contribution in [0.2, 0.25) is 0 Å². The highest BCUT2D eigenvalue weighted by molar-refractivity contribution is 5.76. The van der Waals surface area contributed by atoms with Crippen LogP contribution in [0.4, 0.5) is 0 Å². The van der Waals surface area contributed by atoms with E-state index in [1.54, 1.807) is 0 Å². The third-order valence-electron chi connectivity index (χ3n) is 14.3. The first kappa shape index (κ1) is 33.0. The van der Waals surface area contributed by atoms with Gasteiger partial charge in [-0.25, -0.2) is 0 Å². The van der Waals surface area contributed by atoms with Gasteiger partial charge in [0.25, 0.3) is 0 Å². The number of hydrogen-bond donors (Lipinski definition) is 1. The Balaban J connectivity index is 1.63. The molecule has 12 unspecified atom stereocenters. The van der Waals surface area contributed by atoms with Crippen LogP contribution in [0.25, 0.3) is 0 Å². The second-order valence-corrected chi connectivity index (χ2v) is 16.3. The molecule has 0 bridgehead atoms. The van der Waals surface area contributed by atoms with Crippen molar-refractivity contribution in [2.24, 2.45) is 56.7 Å². The summed E-state index contributed by atoms with van der Waals surface area (Å²) >= 11 is 0. The van der Waals surface area contributed by atoms with Crippen LogP contribution in [0.3, 0.4) is 0 Å². The summed E-state index contributed by atoms with van der Waals surface area (Å²) < 4.78 is 17.6. The van der Waals surface area contributed by atoms with Gasteiger partial charge >= 0.3 is 23.9 Å². The number of carboxylic acid groups (broad SMARTS) is 1. The molecular weight excluding hydrogens is 560 g/mol. The van der Waals surface area contributed by atoms with Crippen molar-refractivity contribution in [3.8, 4) is 0 Å². The minimum Gasteiger partial charge on any atom is -0.481 e. The maximum atomic E-state index is 13.0. The number of fused-ring (bicyclic) bond motifs is 7. The lowest BCUT2D eigenvalue weighted by molar-refractivity contribution is -0.256. The largest absolute Gasteiger partial charge is 0.481 e. The van der Waals surface area contributed by atoms with Crippen molar-refractivity contribution in [2.75, 3.05) is 6.61 Å². The fourth-order valence-electron chi connectivity index (χ4n) is 11.9. The van der Waals surface area contributed by atoms with E-state index in [0.29, 0.717) is 18.8 Å². The standard InChI is InChI=1S/C36H54O8/c1-20-12-15-36(31(40)41)17-16-34(8)25(29(36)21(20)2)10-11-28-32(6)18-26(43-23(4)38)30(44-24(5)39)33(7,19-42-22(3)37)27(32)13-14-35(28,34)9/h10,20-21,26-30H,11-19H2,1-9H3,(H,40,41). The van der Waals surface area contributed by atoms with E-state index >= 15 is 0 Å². The SMILES string of the molecule is CC(=O)OCC1(C)C(OC(C)=O)C(OC(C)=O)CC2(C)C1CCC1(C)C2CC=C2C3C(C)C(C)CCC3(C(=O)O)CCC21C. The summed E-state index contributed by atoms with van der Waals surface area (Å²) in [7, 11) is 0. The van der Waals surface area contributed by atoms with Gasteiger partial charge < -0.3 is 19.3 Å².